The Morgan fingerprint density at radius 1 is 1.29 bits per heavy atom. The number of carbonyl (C=O) groups excluding carboxylic acids is 1. The van der Waals surface area contributed by atoms with Gasteiger partial charge in [-0.15, -0.1) is 0 Å². The summed E-state index contributed by atoms with van der Waals surface area (Å²) >= 11 is 0. The standard InChI is InChI=1S/C16H21NO4/c1-11-7-8-14(13(9-11)15(18)19)17-16(20)21-10-12-5-3-2-4-6-12/h2-6,11,13-14H,7-10H2,1H3,(H,17,20)(H,18,19)/t11-,13-,14-/m1/s1. The number of amides is 1. The van der Waals surface area contributed by atoms with Crippen molar-refractivity contribution in [2.75, 3.05) is 0 Å². The van der Waals surface area contributed by atoms with Crippen molar-refractivity contribution in [2.45, 2.75) is 38.8 Å². The minimum absolute atomic E-state index is 0.188. The smallest absolute Gasteiger partial charge is 0.407 e. The highest BCUT2D eigenvalue weighted by Gasteiger charge is 2.34. The molecule has 1 fully saturated rings. The number of aliphatic carboxylic acids is 1. The second-order valence-electron chi connectivity index (χ2n) is 5.68. The lowest BCUT2D eigenvalue weighted by Gasteiger charge is -2.32. The largest absolute Gasteiger partial charge is 0.481 e. The van der Waals surface area contributed by atoms with Crippen LogP contribution in [0.4, 0.5) is 4.79 Å². The summed E-state index contributed by atoms with van der Waals surface area (Å²) in [5.74, 6) is -1.00. The minimum atomic E-state index is -0.852. The molecule has 1 amide bonds. The van der Waals surface area contributed by atoms with E-state index in [1.165, 1.54) is 0 Å². The summed E-state index contributed by atoms with van der Waals surface area (Å²) in [6, 6.07) is 9.04. The van der Waals surface area contributed by atoms with Gasteiger partial charge in [-0.1, -0.05) is 37.3 Å². The highest BCUT2D eigenvalue weighted by Crippen LogP contribution is 2.29. The van der Waals surface area contributed by atoms with Gasteiger partial charge in [-0.2, -0.15) is 0 Å². The predicted octanol–water partition coefficient (Wildman–Crippen LogP) is 2.80. The molecule has 0 heterocycles. The van der Waals surface area contributed by atoms with E-state index in [0.29, 0.717) is 18.8 Å². The van der Waals surface area contributed by atoms with Gasteiger partial charge in [0.1, 0.15) is 6.61 Å². The Balaban J connectivity index is 1.85. The van der Waals surface area contributed by atoms with E-state index in [2.05, 4.69) is 5.32 Å². The quantitative estimate of drug-likeness (QED) is 0.894. The predicted molar refractivity (Wildman–Crippen MR) is 77.7 cm³/mol. The number of carbonyl (C=O) groups is 2. The average Bonchev–Trinajstić information content (AvgIpc) is 2.48. The number of rotatable bonds is 4. The first-order valence-corrected chi connectivity index (χ1v) is 7.26. The highest BCUT2D eigenvalue weighted by atomic mass is 16.5. The second-order valence-corrected chi connectivity index (χ2v) is 5.68. The van der Waals surface area contributed by atoms with Gasteiger partial charge in [-0.05, 0) is 30.7 Å². The fraction of sp³-hybridized carbons (Fsp3) is 0.500. The third-order valence-electron chi connectivity index (χ3n) is 3.95. The minimum Gasteiger partial charge on any atom is -0.481 e. The Bertz CT molecular complexity index is 488. The van der Waals surface area contributed by atoms with Crippen LogP contribution in [0.2, 0.25) is 0 Å². The van der Waals surface area contributed by atoms with Crippen LogP contribution < -0.4 is 5.32 Å². The summed E-state index contributed by atoms with van der Waals surface area (Å²) in [4.78, 5) is 23.1. The number of benzene rings is 1. The Morgan fingerprint density at radius 2 is 2.00 bits per heavy atom. The van der Waals surface area contributed by atoms with Crippen LogP contribution in [-0.4, -0.2) is 23.2 Å². The molecule has 1 aromatic carbocycles. The fourth-order valence-corrected chi connectivity index (χ4v) is 2.74. The van der Waals surface area contributed by atoms with Crippen LogP contribution in [0.15, 0.2) is 30.3 Å². The number of hydrogen-bond donors (Lipinski definition) is 2. The number of ether oxygens (including phenoxy) is 1. The molecule has 0 unspecified atom stereocenters. The van der Waals surface area contributed by atoms with Crippen molar-refractivity contribution in [1.82, 2.24) is 5.32 Å². The van der Waals surface area contributed by atoms with Crippen molar-refractivity contribution >= 4 is 12.1 Å². The number of alkyl carbamates (subject to hydrolysis) is 1. The van der Waals surface area contributed by atoms with Crippen molar-refractivity contribution in [2.24, 2.45) is 11.8 Å². The maximum absolute atomic E-state index is 11.8. The third kappa shape index (κ3) is 4.48. The lowest BCUT2D eigenvalue weighted by atomic mass is 9.79. The molecule has 21 heavy (non-hydrogen) atoms. The molecular weight excluding hydrogens is 270 g/mol. The summed E-state index contributed by atoms with van der Waals surface area (Å²) in [5.41, 5.74) is 0.903. The lowest BCUT2D eigenvalue weighted by molar-refractivity contribution is -0.144. The molecular formula is C16H21NO4. The van der Waals surface area contributed by atoms with E-state index in [1.54, 1.807) is 0 Å². The van der Waals surface area contributed by atoms with Gasteiger partial charge >= 0.3 is 12.1 Å². The van der Waals surface area contributed by atoms with E-state index in [4.69, 9.17) is 4.74 Å². The average molecular weight is 291 g/mol. The maximum Gasteiger partial charge on any atom is 0.407 e. The van der Waals surface area contributed by atoms with Gasteiger partial charge in [-0.25, -0.2) is 4.79 Å². The number of nitrogens with one attached hydrogen (secondary N) is 1. The lowest BCUT2D eigenvalue weighted by Crippen LogP contribution is -2.46. The zero-order valence-corrected chi connectivity index (χ0v) is 12.1. The van der Waals surface area contributed by atoms with Crippen molar-refractivity contribution in [1.29, 1.82) is 0 Å². The van der Waals surface area contributed by atoms with Crippen LogP contribution in [0.5, 0.6) is 0 Å². The van der Waals surface area contributed by atoms with Gasteiger partial charge in [-0.3, -0.25) is 4.79 Å². The first-order valence-electron chi connectivity index (χ1n) is 7.26. The van der Waals surface area contributed by atoms with Gasteiger partial charge in [0.25, 0.3) is 0 Å². The van der Waals surface area contributed by atoms with Crippen LogP contribution in [0.1, 0.15) is 31.7 Å². The van der Waals surface area contributed by atoms with Crippen molar-refractivity contribution < 1.29 is 19.4 Å². The molecule has 3 atom stereocenters. The molecule has 0 aromatic heterocycles. The molecule has 1 aromatic rings. The highest BCUT2D eigenvalue weighted by molar-refractivity contribution is 5.73. The summed E-state index contributed by atoms with van der Waals surface area (Å²) in [6.45, 7) is 2.23. The first-order chi connectivity index (χ1) is 10.1. The maximum atomic E-state index is 11.8. The number of hydrogen-bond acceptors (Lipinski definition) is 3. The molecule has 0 saturated heterocycles. The van der Waals surface area contributed by atoms with E-state index < -0.39 is 18.0 Å². The normalized spacial score (nSPS) is 25.1. The molecule has 0 aliphatic heterocycles. The van der Waals surface area contributed by atoms with Gasteiger partial charge in [0.2, 0.25) is 0 Å². The molecule has 0 spiro atoms. The van der Waals surface area contributed by atoms with E-state index >= 15 is 0 Å². The molecule has 5 nitrogen and oxygen atoms in total. The Labute approximate surface area is 124 Å². The topological polar surface area (TPSA) is 75.6 Å². The molecule has 2 rings (SSSR count). The van der Waals surface area contributed by atoms with Crippen LogP contribution in [-0.2, 0) is 16.1 Å². The zero-order valence-electron chi connectivity index (χ0n) is 12.1. The van der Waals surface area contributed by atoms with E-state index in [0.717, 1.165) is 12.0 Å². The summed E-state index contributed by atoms with van der Waals surface area (Å²) in [7, 11) is 0. The molecule has 0 radical (unpaired) electrons. The van der Waals surface area contributed by atoms with Crippen molar-refractivity contribution in [3.8, 4) is 0 Å². The molecule has 0 bridgehead atoms. The molecule has 2 N–H and O–H groups in total. The zero-order chi connectivity index (χ0) is 15.2. The molecule has 1 aliphatic rings. The fourth-order valence-electron chi connectivity index (χ4n) is 2.74. The monoisotopic (exact) mass is 291 g/mol. The van der Waals surface area contributed by atoms with Crippen LogP contribution in [0.3, 0.4) is 0 Å². The van der Waals surface area contributed by atoms with E-state index in [9.17, 15) is 14.7 Å². The van der Waals surface area contributed by atoms with Crippen LogP contribution in [0.25, 0.3) is 0 Å². The molecule has 1 saturated carbocycles. The molecule has 5 heteroatoms. The molecule has 114 valence electrons. The van der Waals surface area contributed by atoms with Crippen molar-refractivity contribution in [3.05, 3.63) is 35.9 Å². The molecule has 1 aliphatic carbocycles. The Hall–Kier alpha value is -2.04. The van der Waals surface area contributed by atoms with Crippen LogP contribution >= 0.6 is 0 Å². The van der Waals surface area contributed by atoms with Crippen LogP contribution in [0, 0.1) is 11.8 Å². The van der Waals surface area contributed by atoms with Gasteiger partial charge in [0, 0.05) is 6.04 Å². The summed E-state index contributed by atoms with van der Waals surface area (Å²) in [6.07, 6.45) is 1.65. The van der Waals surface area contributed by atoms with Crippen molar-refractivity contribution in [3.63, 3.8) is 0 Å². The number of carboxylic acid groups (broad SMARTS) is 1. The SMILES string of the molecule is C[C@@H]1CC[C@@H](NC(=O)OCc2ccccc2)[C@H](C(=O)O)C1. The van der Waals surface area contributed by atoms with E-state index in [-0.39, 0.29) is 12.6 Å². The van der Waals surface area contributed by atoms with Gasteiger partial charge in [0.15, 0.2) is 0 Å². The Morgan fingerprint density at radius 3 is 2.67 bits per heavy atom. The summed E-state index contributed by atoms with van der Waals surface area (Å²) < 4.78 is 5.14. The van der Waals surface area contributed by atoms with Gasteiger partial charge < -0.3 is 15.2 Å². The second kappa shape index (κ2) is 7.11. The first kappa shape index (κ1) is 15.4. The van der Waals surface area contributed by atoms with Gasteiger partial charge in [0.05, 0.1) is 5.92 Å². The summed E-state index contributed by atoms with van der Waals surface area (Å²) in [5, 5.41) is 12.0. The third-order valence-corrected chi connectivity index (χ3v) is 3.95. The Kier molecular flexibility index (Phi) is 5.20. The number of carboxylic acids is 1. The van der Waals surface area contributed by atoms with E-state index in [1.807, 2.05) is 37.3 Å².